The Morgan fingerprint density at radius 1 is 1.40 bits per heavy atom. The topological polar surface area (TPSA) is 35.0 Å². The van der Waals surface area contributed by atoms with Crippen LogP contribution in [0.15, 0.2) is 18.5 Å². The van der Waals surface area contributed by atoms with Gasteiger partial charge in [0.05, 0.1) is 6.61 Å². The van der Waals surface area contributed by atoms with Gasteiger partial charge in [0, 0.05) is 12.4 Å². The van der Waals surface area contributed by atoms with E-state index in [0.717, 1.165) is 6.42 Å². The predicted octanol–water partition coefficient (Wildman–Crippen LogP) is 1.27. The molecule has 0 aliphatic carbocycles. The van der Waals surface area contributed by atoms with E-state index in [-0.39, 0.29) is 0 Å². The summed E-state index contributed by atoms with van der Waals surface area (Å²) in [6.07, 6.45) is 4.31. The molecule has 1 aromatic rings. The molecular weight excluding hydrogens is 128 g/mol. The van der Waals surface area contributed by atoms with E-state index in [0.29, 0.717) is 12.6 Å². The Balaban J connectivity index is 2.43. The van der Waals surface area contributed by atoms with Gasteiger partial charge >= 0.3 is 6.01 Å². The molecular formula is C7H10N2O. The zero-order chi connectivity index (χ0) is 7.23. The lowest BCUT2D eigenvalue weighted by Gasteiger charge is -1.98. The number of aromatic nitrogens is 2. The van der Waals surface area contributed by atoms with Crippen molar-refractivity contribution < 1.29 is 4.74 Å². The van der Waals surface area contributed by atoms with Crippen LogP contribution in [0.25, 0.3) is 0 Å². The van der Waals surface area contributed by atoms with E-state index < -0.39 is 0 Å². The molecule has 0 amide bonds. The van der Waals surface area contributed by atoms with Crippen LogP contribution in [0, 0.1) is 0 Å². The van der Waals surface area contributed by atoms with Crippen molar-refractivity contribution in [2.75, 3.05) is 6.61 Å². The zero-order valence-electron chi connectivity index (χ0n) is 5.95. The lowest BCUT2D eigenvalue weighted by atomic mass is 10.5. The monoisotopic (exact) mass is 138 g/mol. The first-order valence-electron chi connectivity index (χ1n) is 3.33. The molecule has 0 aliphatic rings. The average molecular weight is 138 g/mol. The van der Waals surface area contributed by atoms with Crippen molar-refractivity contribution >= 4 is 0 Å². The molecule has 3 nitrogen and oxygen atoms in total. The van der Waals surface area contributed by atoms with Crippen LogP contribution in [0.5, 0.6) is 6.01 Å². The van der Waals surface area contributed by atoms with Crippen LogP contribution in [0.3, 0.4) is 0 Å². The van der Waals surface area contributed by atoms with E-state index >= 15 is 0 Å². The molecule has 54 valence electrons. The van der Waals surface area contributed by atoms with Gasteiger partial charge in [-0.1, -0.05) is 6.92 Å². The smallest absolute Gasteiger partial charge is 0.316 e. The fourth-order valence-corrected chi connectivity index (χ4v) is 0.553. The number of hydrogen-bond donors (Lipinski definition) is 0. The maximum atomic E-state index is 5.13. The van der Waals surface area contributed by atoms with Crippen molar-refractivity contribution in [1.29, 1.82) is 0 Å². The van der Waals surface area contributed by atoms with E-state index in [4.69, 9.17) is 4.74 Å². The highest BCUT2D eigenvalue weighted by molar-refractivity contribution is 4.92. The van der Waals surface area contributed by atoms with Crippen LogP contribution >= 0.6 is 0 Å². The molecule has 3 heteroatoms. The molecule has 0 atom stereocenters. The van der Waals surface area contributed by atoms with Crippen molar-refractivity contribution in [3.8, 4) is 6.01 Å². The van der Waals surface area contributed by atoms with Crippen LogP contribution in [-0.2, 0) is 0 Å². The Morgan fingerprint density at radius 2 is 2.10 bits per heavy atom. The molecule has 0 fully saturated rings. The van der Waals surface area contributed by atoms with Crippen molar-refractivity contribution in [3.05, 3.63) is 18.5 Å². The van der Waals surface area contributed by atoms with E-state index in [1.54, 1.807) is 18.5 Å². The first-order chi connectivity index (χ1) is 4.93. The Kier molecular flexibility index (Phi) is 2.67. The Morgan fingerprint density at radius 3 is 2.70 bits per heavy atom. The minimum atomic E-state index is 0.462. The van der Waals surface area contributed by atoms with E-state index in [2.05, 4.69) is 9.97 Å². The Labute approximate surface area is 60.1 Å². The average Bonchev–Trinajstić information content (AvgIpc) is 2.03. The van der Waals surface area contributed by atoms with Gasteiger partial charge in [-0.15, -0.1) is 0 Å². The fraction of sp³-hybridized carbons (Fsp3) is 0.429. The maximum Gasteiger partial charge on any atom is 0.316 e. The second-order valence-electron chi connectivity index (χ2n) is 1.88. The van der Waals surface area contributed by atoms with Crippen LogP contribution in [-0.4, -0.2) is 16.6 Å². The number of ether oxygens (including phenoxy) is 1. The molecule has 1 heterocycles. The third kappa shape index (κ3) is 2.01. The van der Waals surface area contributed by atoms with Gasteiger partial charge in [0.1, 0.15) is 0 Å². The summed E-state index contributed by atoms with van der Waals surface area (Å²) in [5.74, 6) is 0. The van der Waals surface area contributed by atoms with Crippen LogP contribution < -0.4 is 4.74 Å². The SMILES string of the molecule is CCCOc1ncccn1. The molecule has 0 unspecified atom stereocenters. The molecule has 0 saturated heterocycles. The van der Waals surface area contributed by atoms with Crippen LogP contribution in [0.4, 0.5) is 0 Å². The van der Waals surface area contributed by atoms with E-state index in [1.165, 1.54) is 0 Å². The minimum absolute atomic E-state index is 0.462. The summed E-state index contributed by atoms with van der Waals surface area (Å²) in [5, 5.41) is 0. The van der Waals surface area contributed by atoms with Gasteiger partial charge in [-0.25, -0.2) is 9.97 Å². The lowest BCUT2D eigenvalue weighted by molar-refractivity contribution is 0.292. The quantitative estimate of drug-likeness (QED) is 0.630. The van der Waals surface area contributed by atoms with Gasteiger partial charge in [0.15, 0.2) is 0 Å². The van der Waals surface area contributed by atoms with E-state index in [1.807, 2.05) is 6.92 Å². The highest BCUT2D eigenvalue weighted by atomic mass is 16.5. The number of nitrogens with zero attached hydrogens (tertiary/aromatic N) is 2. The number of rotatable bonds is 3. The van der Waals surface area contributed by atoms with Gasteiger partial charge in [0.25, 0.3) is 0 Å². The van der Waals surface area contributed by atoms with Crippen LogP contribution in [0.2, 0.25) is 0 Å². The second-order valence-corrected chi connectivity index (χ2v) is 1.88. The summed E-state index contributed by atoms with van der Waals surface area (Å²) in [6, 6.07) is 2.23. The first-order valence-corrected chi connectivity index (χ1v) is 3.33. The van der Waals surface area contributed by atoms with Crippen molar-refractivity contribution in [3.63, 3.8) is 0 Å². The maximum absolute atomic E-state index is 5.13. The highest BCUT2D eigenvalue weighted by Crippen LogP contribution is 1.96. The highest BCUT2D eigenvalue weighted by Gasteiger charge is 1.90. The Bertz CT molecular complexity index is 176. The van der Waals surface area contributed by atoms with Gasteiger partial charge in [0.2, 0.25) is 0 Å². The molecule has 1 aromatic heterocycles. The minimum Gasteiger partial charge on any atom is -0.463 e. The van der Waals surface area contributed by atoms with Gasteiger partial charge in [-0.05, 0) is 12.5 Å². The molecule has 10 heavy (non-hydrogen) atoms. The van der Waals surface area contributed by atoms with E-state index in [9.17, 15) is 0 Å². The summed E-state index contributed by atoms with van der Waals surface area (Å²) in [6.45, 7) is 2.73. The number of hydrogen-bond acceptors (Lipinski definition) is 3. The first kappa shape index (κ1) is 6.99. The molecule has 0 aliphatic heterocycles. The van der Waals surface area contributed by atoms with Crippen molar-refractivity contribution in [1.82, 2.24) is 9.97 Å². The fourth-order valence-electron chi connectivity index (χ4n) is 0.553. The van der Waals surface area contributed by atoms with Gasteiger partial charge in [-0.3, -0.25) is 0 Å². The normalized spacial score (nSPS) is 9.30. The molecule has 0 aromatic carbocycles. The summed E-state index contributed by atoms with van der Waals surface area (Å²) in [5.41, 5.74) is 0. The summed E-state index contributed by atoms with van der Waals surface area (Å²) >= 11 is 0. The van der Waals surface area contributed by atoms with Gasteiger partial charge < -0.3 is 4.74 Å². The van der Waals surface area contributed by atoms with Crippen molar-refractivity contribution in [2.45, 2.75) is 13.3 Å². The second kappa shape index (κ2) is 3.82. The summed E-state index contributed by atoms with van der Waals surface area (Å²) in [7, 11) is 0. The summed E-state index contributed by atoms with van der Waals surface area (Å²) < 4.78 is 5.13. The lowest BCUT2D eigenvalue weighted by Crippen LogP contribution is -1.98. The standard InChI is InChI=1S/C7H10N2O/c1-2-6-10-7-8-4-3-5-9-7/h3-5H,2,6H2,1H3. The molecule has 0 bridgehead atoms. The summed E-state index contributed by atoms with van der Waals surface area (Å²) in [4.78, 5) is 7.77. The molecule has 0 N–H and O–H groups in total. The van der Waals surface area contributed by atoms with Crippen molar-refractivity contribution in [2.24, 2.45) is 0 Å². The third-order valence-corrected chi connectivity index (χ3v) is 0.977. The zero-order valence-corrected chi connectivity index (χ0v) is 5.95. The third-order valence-electron chi connectivity index (χ3n) is 0.977. The molecule has 0 radical (unpaired) electrons. The molecule has 0 saturated carbocycles. The Hall–Kier alpha value is -1.12. The largest absolute Gasteiger partial charge is 0.463 e. The van der Waals surface area contributed by atoms with Crippen LogP contribution in [0.1, 0.15) is 13.3 Å². The van der Waals surface area contributed by atoms with Gasteiger partial charge in [-0.2, -0.15) is 0 Å². The molecule has 0 spiro atoms. The predicted molar refractivity (Wildman–Crippen MR) is 37.8 cm³/mol. The molecule has 1 rings (SSSR count).